The molecule has 8 nitrogen and oxygen atoms in total. The summed E-state index contributed by atoms with van der Waals surface area (Å²) < 4.78 is 53.5. The molecule has 0 unspecified atom stereocenters. The van der Waals surface area contributed by atoms with E-state index in [0.29, 0.717) is 17.7 Å². The molecule has 3 aromatic rings. The van der Waals surface area contributed by atoms with Gasteiger partial charge < -0.3 is 15.1 Å². The first-order valence-electron chi connectivity index (χ1n) is 11.2. The number of halogens is 4. The van der Waals surface area contributed by atoms with Crippen LogP contribution in [0, 0.1) is 17.1 Å². The Labute approximate surface area is 208 Å². The molecule has 1 aromatic heterocycles. The van der Waals surface area contributed by atoms with Gasteiger partial charge in [-0.1, -0.05) is 12.1 Å². The molecule has 0 saturated carbocycles. The van der Waals surface area contributed by atoms with Gasteiger partial charge in [0.25, 0.3) is 11.5 Å². The second kappa shape index (κ2) is 10.3. The number of carbonyl (C=O) groups is 1. The van der Waals surface area contributed by atoms with Crippen LogP contribution in [0.2, 0.25) is 0 Å². The summed E-state index contributed by atoms with van der Waals surface area (Å²) in [6, 6.07) is 10.2. The molecule has 0 spiro atoms. The number of hydrogen-bond acceptors (Lipinski definition) is 6. The lowest BCUT2D eigenvalue weighted by Gasteiger charge is -2.29. The van der Waals surface area contributed by atoms with Crippen LogP contribution in [0.15, 0.2) is 47.3 Å². The second-order valence-corrected chi connectivity index (χ2v) is 8.30. The lowest BCUT2D eigenvalue weighted by molar-refractivity contribution is -0.137. The Morgan fingerprint density at radius 2 is 1.95 bits per heavy atom. The summed E-state index contributed by atoms with van der Waals surface area (Å²) in [5.41, 5.74) is -0.0457. The number of nitriles is 1. The maximum atomic E-state index is 14.3. The molecule has 2 aromatic carbocycles. The highest BCUT2D eigenvalue weighted by molar-refractivity contribution is 5.94. The smallest absolute Gasteiger partial charge is 0.411 e. The number of nitrogens with zero attached hydrogens (tertiary/aromatic N) is 4. The van der Waals surface area contributed by atoms with Crippen molar-refractivity contribution in [2.24, 2.45) is 0 Å². The van der Waals surface area contributed by atoms with Crippen molar-refractivity contribution in [3.05, 3.63) is 92.1 Å². The zero-order valence-electron chi connectivity index (χ0n) is 19.6. The highest BCUT2D eigenvalue weighted by Crippen LogP contribution is 2.29. The van der Waals surface area contributed by atoms with E-state index in [0.717, 1.165) is 22.9 Å². The van der Waals surface area contributed by atoms with E-state index in [1.54, 1.807) is 6.07 Å². The van der Waals surface area contributed by atoms with E-state index >= 15 is 0 Å². The van der Waals surface area contributed by atoms with Gasteiger partial charge in [-0.2, -0.15) is 18.4 Å². The number of hydrogen-bond donors (Lipinski definition) is 1. The normalized spacial score (nSPS) is 13.0. The van der Waals surface area contributed by atoms with Gasteiger partial charge in [0, 0.05) is 19.5 Å². The molecule has 12 heteroatoms. The van der Waals surface area contributed by atoms with Crippen LogP contribution < -0.4 is 15.7 Å². The largest absolute Gasteiger partial charge is 0.416 e. The topological polar surface area (TPSA) is 100 Å². The maximum Gasteiger partial charge on any atom is 0.416 e. The Morgan fingerprint density at radius 3 is 2.57 bits per heavy atom. The Bertz CT molecular complexity index is 1430. The van der Waals surface area contributed by atoms with Gasteiger partial charge >= 0.3 is 6.18 Å². The van der Waals surface area contributed by atoms with E-state index in [4.69, 9.17) is 10.1 Å². The summed E-state index contributed by atoms with van der Waals surface area (Å²) in [6.45, 7) is 0.358. The van der Waals surface area contributed by atoms with E-state index in [-0.39, 0.29) is 48.7 Å². The van der Waals surface area contributed by atoms with Crippen LogP contribution in [0.5, 0.6) is 0 Å². The highest BCUT2D eigenvalue weighted by Gasteiger charge is 2.30. The fourth-order valence-corrected chi connectivity index (χ4v) is 4.02. The predicted octanol–water partition coefficient (Wildman–Crippen LogP) is 3.18. The van der Waals surface area contributed by atoms with Crippen molar-refractivity contribution < 1.29 is 27.2 Å². The molecule has 4 rings (SSSR count). The molecule has 0 radical (unpaired) electrons. The molecule has 0 saturated heterocycles. The molecule has 1 aliphatic heterocycles. The molecule has 0 bridgehead atoms. The second-order valence-electron chi connectivity index (χ2n) is 8.30. The van der Waals surface area contributed by atoms with Crippen LogP contribution >= 0.6 is 0 Å². The summed E-state index contributed by atoms with van der Waals surface area (Å²) in [5.74, 6) is -1.32. The summed E-state index contributed by atoms with van der Waals surface area (Å²) in [4.78, 5) is 36.9. The molecular formula is C25H21F4N5O3. The number of alkyl halides is 3. The molecule has 37 heavy (non-hydrogen) atoms. The van der Waals surface area contributed by atoms with Gasteiger partial charge in [-0.15, -0.1) is 4.73 Å². The quantitative estimate of drug-likeness (QED) is 0.507. The Hall–Kier alpha value is -4.40. The third kappa shape index (κ3) is 5.40. The molecule has 192 valence electrons. The minimum Gasteiger partial charge on any atom is -0.411 e. The first kappa shape index (κ1) is 25.7. The van der Waals surface area contributed by atoms with E-state index in [9.17, 15) is 27.2 Å². The minimum atomic E-state index is -4.41. The van der Waals surface area contributed by atoms with Gasteiger partial charge in [0.2, 0.25) is 5.95 Å². The van der Waals surface area contributed by atoms with E-state index in [2.05, 4.69) is 10.3 Å². The molecule has 0 aliphatic carbocycles. The molecule has 2 heterocycles. The average Bonchev–Trinajstić information content (AvgIpc) is 2.88. The number of rotatable bonds is 6. The molecule has 0 fully saturated rings. The van der Waals surface area contributed by atoms with Crippen molar-refractivity contribution in [2.75, 3.05) is 25.5 Å². The van der Waals surface area contributed by atoms with Gasteiger partial charge in [0.15, 0.2) is 0 Å². The number of nitrogens with one attached hydrogen (secondary N) is 1. The van der Waals surface area contributed by atoms with Crippen LogP contribution in [-0.4, -0.2) is 40.7 Å². The summed E-state index contributed by atoms with van der Waals surface area (Å²) in [7, 11) is 1.27. The van der Waals surface area contributed by atoms with Gasteiger partial charge in [-0.05, 0) is 42.3 Å². The predicted molar refractivity (Wildman–Crippen MR) is 124 cm³/mol. The number of anilines is 1. The van der Waals surface area contributed by atoms with Gasteiger partial charge in [-0.3, -0.25) is 9.59 Å². The molecule has 0 atom stereocenters. The first-order chi connectivity index (χ1) is 17.6. The van der Waals surface area contributed by atoms with Gasteiger partial charge in [0.05, 0.1) is 40.6 Å². The van der Waals surface area contributed by atoms with Crippen molar-refractivity contribution in [2.45, 2.75) is 25.6 Å². The molecule has 1 N–H and O–H groups in total. The van der Waals surface area contributed by atoms with Crippen LogP contribution in [0.3, 0.4) is 0 Å². The Morgan fingerprint density at radius 1 is 1.22 bits per heavy atom. The molecular weight excluding hydrogens is 494 g/mol. The fourth-order valence-electron chi connectivity index (χ4n) is 4.02. The summed E-state index contributed by atoms with van der Waals surface area (Å²) >= 11 is 0. The van der Waals surface area contributed by atoms with Crippen molar-refractivity contribution >= 4 is 11.9 Å². The van der Waals surface area contributed by atoms with Gasteiger partial charge in [-0.25, -0.2) is 9.37 Å². The van der Waals surface area contributed by atoms with Crippen molar-refractivity contribution in [3.8, 4) is 6.07 Å². The van der Waals surface area contributed by atoms with Crippen LogP contribution in [0.1, 0.15) is 38.3 Å². The summed E-state index contributed by atoms with van der Waals surface area (Å²) in [5, 5.41) is 11.9. The lowest BCUT2D eigenvalue weighted by Crippen LogP contribution is -2.42. The summed E-state index contributed by atoms with van der Waals surface area (Å²) in [6.07, 6.45) is -3.80. The molecule has 1 amide bonds. The number of carbonyl (C=O) groups excluding carboxylic acids is 1. The minimum absolute atomic E-state index is 0.0866. The van der Waals surface area contributed by atoms with E-state index < -0.39 is 29.0 Å². The van der Waals surface area contributed by atoms with Crippen LogP contribution in [-0.2, 0) is 25.6 Å². The molecule has 1 aliphatic rings. The highest BCUT2D eigenvalue weighted by atomic mass is 19.4. The van der Waals surface area contributed by atoms with Crippen molar-refractivity contribution in [3.63, 3.8) is 0 Å². The average molecular weight is 515 g/mol. The Balaban J connectivity index is 1.48. The van der Waals surface area contributed by atoms with E-state index in [1.165, 1.54) is 36.3 Å². The SMILES string of the molecule is COn1c(NCCc2ccc(C(F)(F)F)cc2)nc2c(c1=O)CN(C(=O)c1ccc(C#N)cc1F)CC2. The number of fused-ring (bicyclic) bond motifs is 1. The van der Waals surface area contributed by atoms with Crippen molar-refractivity contribution in [1.82, 2.24) is 14.6 Å². The fraction of sp³-hybridized carbons (Fsp3) is 0.280. The number of amides is 1. The zero-order valence-corrected chi connectivity index (χ0v) is 19.6. The van der Waals surface area contributed by atoms with Crippen molar-refractivity contribution in [1.29, 1.82) is 5.26 Å². The maximum absolute atomic E-state index is 14.3. The van der Waals surface area contributed by atoms with Crippen LogP contribution in [0.4, 0.5) is 23.5 Å². The number of benzene rings is 2. The Kier molecular flexibility index (Phi) is 7.15. The van der Waals surface area contributed by atoms with Gasteiger partial charge in [0.1, 0.15) is 12.9 Å². The lowest BCUT2D eigenvalue weighted by atomic mass is 10.0. The third-order valence-electron chi connectivity index (χ3n) is 5.97. The zero-order chi connectivity index (χ0) is 26.7. The number of aromatic nitrogens is 2. The first-order valence-corrected chi connectivity index (χ1v) is 11.2. The third-order valence-corrected chi connectivity index (χ3v) is 5.97. The van der Waals surface area contributed by atoms with Crippen LogP contribution in [0.25, 0.3) is 0 Å². The monoisotopic (exact) mass is 515 g/mol. The van der Waals surface area contributed by atoms with E-state index in [1.807, 2.05) is 0 Å². The standard InChI is InChI=1S/C25H21F4N5O3/c1-37-34-23(36)19-14-33(22(35)18-7-4-16(13-30)12-20(18)26)11-9-21(19)32-24(34)31-10-8-15-2-5-17(6-3-15)25(27,28)29/h2-7,12H,8-11,14H2,1H3,(H,31,32).